The number of benzene rings is 1. The molecule has 0 N–H and O–H groups in total. The third kappa shape index (κ3) is 1.86. The van der Waals surface area contributed by atoms with Crippen LogP contribution in [0.15, 0.2) is 24.3 Å². The summed E-state index contributed by atoms with van der Waals surface area (Å²) >= 11 is 0. The van der Waals surface area contributed by atoms with Crippen LogP contribution < -0.4 is 0 Å². The lowest BCUT2D eigenvalue weighted by Gasteiger charge is -2.03. The summed E-state index contributed by atoms with van der Waals surface area (Å²) in [6.07, 6.45) is 0. The number of aromatic nitrogens is 3. The number of aryl methyl sites for hydroxylation is 2. The van der Waals surface area contributed by atoms with Gasteiger partial charge in [-0.25, -0.2) is 9.67 Å². The Labute approximate surface area is 93.9 Å². The molecule has 2 aromatic rings. The Bertz CT molecular complexity index is 526. The van der Waals surface area contributed by atoms with E-state index in [2.05, 4.69) is 10.1 Å². The van der Waals surface area contributed by atoms with E-state index < -0.39 is 0 Å². The molecular weight excluding hydrogens is 202 g/mol. The van der Waals surface area contributed by atoms with Gasteiger partial charge in [-0.2, -0.15) is 5.10 Å². The van der Waals surface area contributed by atoms with Crippen molar-refractivity contribution in [2.45, 2.75) is 20.8 Å². The largest absolute Gasteiger partial charge is 0.295 e. The van der Waals surface area contributed by atoms with Crippen molar-refractivity contribution in [3.8, 4) is 5.69 Å². The minimum Gasteiger partial charge on any atom is -0.295 e. The molecule has 0 saturated heterocycles. The number of hydrogen-bond acceptors (Lipinski definition) is 3. The monoisotopic (exact) mass is 215 g/mol. The highest BCUT2D eigenvalue weighted by molar-refractivity contribution is 5.94. The zero-order valence-electron chi connectivity index (χ0n) is 9.56. The summed E-state index contributed by atoms with van der Waals surface area (Å²) in [6.45, 7) is 5.31. The van der Waals surface area contributed by atoms with Gasteiger partial charge in [0.05, 0.1) is 5.69 Å². The summed E-state index contributed by atoms with van der Waals surface area (Å²) in [5, 5.41) is 4.28. The lowest BCUT2D eigenvalue weighted by atomic mass is 10.1. The van der Waals surface area contributed by atoms with Gasteiger partial charge in [0.1, 0.15) is 11.6 Å². The summed E-state index contributed by atoms with van der Waals surface area (Å²) in [6, 6.07) is 7.35. The highest BCUT2D eigenvalue weighted by Crippen LogP contribution is 2.11. The Hall–Kier alpha value is -1.97. The molecule has 1 aromatic heterocycles. The van der Waals surface area contributed by atoms with Gasteiger partial charge in [0.15, 0.2) is 5.78 Å². The summed E-state index contributed by atoms with van der Waals surface area (Å²) in [5.74, 6) is 1.65. The topological polar surface area (TPSA) is 47.8 Å². The molecule has 16 heavy (non-hydrogen) atoms. The Kier molecular flexibility index (Phi) is 2.56. The lowest BCUT2D eigenvalue weighted by Crippen LogP contribution is -2.00. The summed E-state index contributed by atoms with van der Waals surface area (Å²) in [4.78, 5) is 15.4. The number of nitrogens with zero attached hydrogens (tertiary/aromatic N) is 3. The second-order valence-electron chi connectivity index (χ2n) is 3.72. The van der Waals surface area contributed by atoms with Crippen molar-refractivity contribution in [1.29, 1.82) is 0 Å². The molecule has 82 valence electrons. The zero-order valence-corrected chi connectivity index (χ0v) is 9.56. The normalized spacial score (nSPS) is 10.4. The molecule has 0 amide bonds. The Morgan fingerprint density at radius 1 is 1.19 bits per heavy atom. The quantitative estimate of drug-likeness (QED) is 0.721. The van der Waals surface area contributed by atoms with Crippen LogP contribution in [0.4, 0.5) is 0 Å². The van der Waals surface area contributed by atoms with E-state index >= 15 is 0 Å². The number of hydrogen-bond donors (Lipinski definition) is 0. The van der Waals surface area contributed by atoms with E-state index in [-0.39, 0.29) is 5.78 Å². The van der Waals surface area contributed by atoms with E-state index in [0.29, 0.717) is 5.56 Å². The Morgan fingerprint density at radius 3 is 2.25 bits per heavy atom. The van der Waals surface area contributed by atoms with Crippen molar-refractivity contribution in [3.63, 3.8) is 0 Å². The van der Waals surface area contributed by atoms with Crippen LogP contribution in [0.5, 0.6) is 0 Å². The number of Topliss-reactive ketones (excluding diaryl/α,β-unsaturated/α-hetero) is 1. The zero-order chi connectivity index (χ0) is 11.7. The van der Waals surface area contributed by atoms with E-state index in [1.807, 2.05) is 26.0 Å². The average molecular weight is 215 g/mol. The van der Waals surface area contributed by atoms with Gasteiger partial charge in [0.2, 0.25) is 0 Å². The highest BCUT2D eigenvalue weighted by atomic mass is 16.1. The van der Waals surface area contributed by atoms with Crippen LogP contribution in [0.3, 0.4) is 0 Å². The molecule has 0 aliphatic heterocycles. The number of carbonyl (C=O) groups is 1. The first kappa shape index (κ1) is 10.5. The molecule has 0 radical (unpaired) electrons. The van der Waals surface area contributed by atoms with E-state index in [9.17, 15) is 4.79 Å². The van der Waals surface area contributed by atoms with Gasteiger partial charge in [0, 0.05) is 5.56 Å². The Balaban J connectivity index is 2.42. The molecule has 0 saturated carbocycles. The number of carbonyl (C=O) groups excluding carboxylic acids is 1. The van der Waals surface area contributed by atoms with Crippen molar-refractivity contribution in [1.82, 2.24) is 14.8 Å². The first-order valence-electron chi connectivity index (χ1n) is 5.09. The molecule has 0 aliphatic carbocycles. The van der Waals surface area contributed by atoms with Crippen LogP contribution in [-0.2, 0) is 0 Å². The molecule has 4 heteroatoms. The number of ketones is 1. The summed E-state index contributed by atoms with van der Waals surface area (Å²) in [5.41, 5.74) is 1.63. The predicted octanol–water partition coefficient (Wildman–Crippen LogP) is 2.09. The average Bonchev–Trinajstić information content (AvgIpc) is 2.58. The molecule has 0 atom stereocenters. The first-order chi connectivity index (χ1) is 7.58. The lowest BCUT2D eigenvalue weighted by molar-refractivity contribution is 0.101. The van der Waals surface area contributed by atoms with E-state index in [0.717, 1.165) is 17.3 Å². The smallest absolute Gasteiger partial charge is 0.159 e. The van der Waals surface area contributed by atoms with Crippen molar-refractivity contribution >= 4 is 5.78 Å². The third-order valence-electron chi connectivity index (χ3n) is 2.39. The molecule has 4 nitrogen and oxygen atoms in total. The molecule has 1 heterocycles. The van der Waals surface area contributed by atoms with Gasteiger partial charge >= 0.3 is 0 Å². The standard InChI is InChI=1S/C12H13N3O/c1-8(16)11-4-6-12(7-5-11)15-10(3)13-9(2)14-15/h4-7H,1-3H3. The van der Waals surface area contributed by atoms with Crippen molar-refractivity contribution in [3.05, 3.63) is 41.5 Å². The van der Waals surface area contributed by atoms with E-state index in [1.165, 1.54) is 0 Å². The molecule has 0 aliphatic rings. The predicted molar refractivity (Wildman–Crippen MR) is 60.8 cm³/mol. The van der Waals surface area contributed by atoms with Crippen LogP contribution in [0.2, 0.25) is 0 Å². The van der Waals surface area contributed by atoms with Gasteiger partial charge in [0.25, 0.3) is 0 Å². The molecule has 0 bridgehead atoms. The molecule has 0 fully saturated rings. The van der Waals surface area contributed by atoms with Crippen LogP contribution in [0, 0.1) is 13.8 Å². The number of rotatable bonds is 2. The van der Waals surface area contributed by atoms with Gasteiger partial charge in [-0.1, -0.05) is 0 Å². The first-order valence-corrected chi connectivity index (χ1v) is 5.09. The Morgan fingerprint density at radius 2 is 1.81 bits per heavy atom. The SMILES string of the molecule is CC(=O)c1ccc(-n2nc(C)nc2C)cc1. The van der Waals surface area contributed by atoms with E-state index in [1.54, 1.807) is 23.7 Å². The summed E-state index contributed by atoms with van der Waals surface area (Å²) < 4.78 is 1.76. The molecule has 1 aromatic carbocycles. The van der Waals surface area contributed by atoms with Crippen molar-refractivity contribution < 1.29 is 4.79 Å². The van der Waals surface area contributed by atoms with Crippen LogP contribution in [0.1, 0.15) is 28.9 Å². The molecule has 0 unspecified atom stereocenters. The molecule has 2 rings (SSSR count). The fourth-order valence-corrected chi connectivity index (χ4v) is 1.60. The fraction of sp³-hybridized carbons (Fsp3) is 0.250. The maximum absolute atomic E-state index is 11.1. The maximum atomic E-state index is 11.1. The van der Waals surface area contributed by atoms with Crippen molar-refractivity contribution in [2.75, 3.05) is 0 Å². The van der Waals surface area contributed by atoms with Crippen LogP contribution >= 0.6 is 0 Å². The van der Waals surface area contributed by atoms with Gasteiger partial charge in [-0.05, 0) is 45.0 Å². The molecule has 0 spiro atoms. The van der Waals surface area contributed by atoms with Crippen molar-refractivity contribution in [2.24, 2.45) is 0 Å². The van der Waals surface area contributed by atoms with E-state index in [4.69, 9.17) is 0 Å². The van der Waals surface area contributed by atoms with Gasteiger partial charge in [-0.15, -0.1) is 0 Å². The minimum atomic E-state index is 0.0676. The van der Waals surface area contributed by atoms with Crippen LogP contribution in [-0.4, -0.2) is 20.5 Å². The second-order valence-corrected chi connectivity index (χ2v) is 3.72. The van der Waals surface area contributed by atoms with Crippen LogP contribution in [0.25, 0.3) is 5.69 Å². The molecular formula is C12H13N3O. The highest BCUT2D eigenvalue weighted by Gasteiger charge is 2.05. The van der Waals surface area contributed by atoms with Gasteiger partial charge < -0.3 is 0 Å². The minimum absolute atomic E-state index is 0.0676. The second kappa shape index (κ2) is 3.89. The third-order valence-corrected chi connectivity index (χ3v) is 2.39. The fourth-order valence-electron chi connectivity index (χ4n) is 1.60. The summed E-state index contributed by atoms with van der Waals surface area (Å²) in [7, 11) is 0. The van der Waals surface area contributed by atoms with Gasteiger partial charge in [-0.3, -0.25) is 4.79 Å². The maximum Gasteiger partial charge on any atom is 0.159 e.